The smallest absolute Gasteiger partial charge is 0.227 e. The molecule has 0 saturated carbocycles. The van der Waals surface area contributed by atoms with E-state index in [0.29, 0.717) is 18.1 Å². The second-order valence-corrected chi connectivity index (χ2v) is 5.51. The van der Waals surface area contributed by atoms with Crippen molar-refractivity contribution in [3.63, 3.8) is 0 Å². The number of imidazole rings is 1. The van der Waals surface area contributed by atoms with Gasteiger partial charge in [0.25, 0.3) is 0 Å². The van der Waals surface area contributed by atoms with Crippen molar-refractivity contribution in [3.05, 3.63) is 12.5 Å². The molecule has 1 aliphatic heterocycles. The molecule has 1 atom stereocenters. The molecule has 1 aliphatic rings. The van der Waals surface area contributed by atoms with Crippen LogP contribution in [0.15, 0.2) is 12.5 Å². The summed E-state index contributed by atoms with van der Waals surface area (Å²) in [6.45, 7) is 3.69. The second-order valence-electron chi connectivity index (χ2n) is 5.51. The van der Waals surface area contributed by atoms with Crippen molar-refractivity contribution in [1.82, 2.24) is 19.5 Å². The van der Waals surface area contributed by atoms with E-state index >= 15 is 0 Å². The molecule has 0 radical (unpaired) electrons. The Morgan fingerprint density at radius 3 is 3.05 bits per heavy atom. The minimum Gasteiger partial charge on any atom is -0.339 e. The Morgan fingerprint density at radius 1 is 1.45 bits per heavy atom. The summed E-state index contributed by atoms with van der Waals surface area (Å²) in [5.74, 6) is 0.684. The van der Waals surface area contributed by atoms with E-state index in [-0.39, 0.29) is 5.41 Å². The Morgan fingerprint density at radius 2 is 2.30 bits per heavy atom. The molecule has 0 aliphatic carbocycles. The van der Waals surface area contributed by atoms with Crippen molar-refractivity contribution in [2.75, 3.05) is 18.0 Å². The van der Waals surface area contributed by atoms with Gasteiger partial charge in [-0.25, -0.2) is 9.97 Å². The van der Waals surface area contributed by atoms with Crippen LogP contribution >= 0.6 is 0 Å². The number of hydrogen-bond acceptors (Lipinski definition) is 5. The maximum atomic E-state index is 9.45. The number of nitriles is 1. The van der Waals surface area contributed by atoms with Crippen molar-refractivity contribution in [1.29, 1.82) is 5.26 Å². The monoisotopic (exact) mass is 270 g/mol. The Hall–Kier alpha value is -2.16. The van der Waals surface area contributed by atoms with Crippen LogP contribution in [-0.2, 0) is 7.05 Å². The Balaban J connectivity index is 1.92. The number of fused-ring (bicyclic) bond motifs is 1. The van der Waals surface area contributed by atoms with Crippen LogP contribution in [0, 0.1) is 16.7 Å². The maximum Gasteiger partial charge on any atom is 0.227 e. The normalized spacial score (nSPS) is 22.9. The van der Waals surface area contributed by atoms with E-state index in [1.54, 1.807) is 12.5 Å². The third kappa shape index (κ3) is 1.99. The molecule has 3 heterocycles. The lowest BCUT2D eigenvalue weighted by molar-refractivity contribution is 0.304. The van der Waals surface area contributed by atoms with E-state index in [0.717, 1.165) is 31.3 Å². The molecule has 0 bridgehead atoms. The van der Waals surface area contributed by atoms with Gasteiger partial charge in [-0.1, -0.05) is 6.92 Å². The van der Waals surface area contributed by atoms with Crippen LogP contribution < -0.4 is 4.90 Å². The van der Waals surface area contributed by atoms with E-state index < -0.39 is 0 Å². The topological polar surface area (TPSA) is 70.6 Å². The molecule has 0 amide bonds. The largest absolute Gasteiger partial charge is 0.339 e. The molecule has 1 fully saturated rings. The van der Waals surface area contributed by atoms with Gasteiger partial charge in [0, 0.05) is 20.1 Å². The van der Waals surface area contributed by atoms with Crippen molar-refractivity contribution >= 4 is 17.1 Å². The summed E-state index contributed by atoms with van der Waals surface area (Å²) < 4.78 is 1.90. The summed E-state index contributed by atoms with van der Waals surface area (Å²) in [6, 6.07) is 2.49. The fraction of sp³-hybridized carbons (Fsp3) is 0.571. The zero-order chi connectivity index (χ0) is 14.2. The molecule has 1 saturated heterocycles. The average Bonchev–Trinajstić information content (AvgIpc) is 2.88. The Kier molecular flexibility index (Phi) is 3.05. The number of aryl methyl sites for hydroxylation is 1. The maximum absolute atomic E-state index is 9.45. The summed E-state index contributed by atoms with van der Waals surface area (Å²) in [6.07, 6.45) is 6.38. The van der Waals surface area contributed by atoms with E-state index in [1.165, 1.54) is 0 Å². The predicted molar refractivity (Wildman–Crippen MR) is 76.1 cm³/mol. The van der Waals surface area contributed by atoms with Crippen molar-refractivity contribution in [2.24, 2.45) is 12.5 Å². The highest BCUT2D eigenvalue weighted by molar-refractivity contribution is 5.70. The van der Waals surface area contributed by atoms with E-state index in [9.17, 15) is 5.26 Å². The molecule has 3 rings (SSSR count). The zero-order valence-electron chi connectivity index (χ0n) is 11.9. The van der Waals surface area contributed by atoms with Crippen LogP contribution in [0.1, 0.15) is 26.2 Å². The molecule has 20 heavy (non-hydrogen) atoms. The van der Waals surface area contributed by atoms with Gasteiger partial charge < -0.3 is 9.47 Å². The highest BCUT2D eigenvalue weighted by Crippen LogP contribution is 2.33. The van der Waals surface area contributed by atoms with E-state index in [4.69, 9.17) is 0 Å². The van der Waals surface area contributed by atoms with Gasteiger partial charge >= 0.3 is 0 Å². The minimum absolute atomic E-state index is 0.263. The number of rotatable bonds is 2. The number of nitrogens with zero attached hydrogens (tertiary/aromatic N) is 6. The highest BCUT2D eigenvalue weighted by Gasteiger charge is 2.35. The Labute approximate surface area is 118 Å². The summed E-state index contributed by atoms with van der Waals surface area (Å²) in [5, 5.41) is 9.45. The van der Waals surface area contributed by atoms with Gasteiger partial charge in [0.2, 0.25) is 5.95 Å². The molecule has 6 nitrogen and oxygen atoms in total. The van der Waals surface area contributed by atoms with E-state index in [2.05, 4.69) is 32.8 Å². The van der Waals surface area contributed by atoms with Crippen LogP contribution in [0.25, 0.3) is 11.2 Å². The molecule has 2 aromatic rings. The number of hydrogen-bond donors (Lipinski definition) is 0. The third-order valence-corrected chi connectivity index (χ3v) is 4.24. The first-order valence-electron chi connectivity index (χ1n) is 6.98. The molecule has 104 valence electrons. The van der Waals surface area contributed by atoms with Crippen LogP contribution in [-0.4, -0.2) is 32.6 Å². The fourth-order valence-electron chi connectivity index (χ4n) is 2.82. The fourth-order valence-corrected chi connectivity index (χ4v) is 2.82. The average molecular weight is 270 g/mol. The van der Waals surface area contributed by atoms with Gasteiger partial charge in [-0.15, -0.1) is 0 Å². The predicted octanol–water partition coefficient (Wildman–Crippen LogP) is 1.88. The first-order valence-corrected chi connectivity index (χ1v) is 6.98. The highest BCUT2D eigenvalue weighted by atomic mass is 15.3. The molecular formula is C14H18N6. The SMILES string of the molecule is CCC1(C#N)CCCN(c2ncc3c(ncn3C)n2)C1. The van der Waals surface area contributed by atoms with Gasteiger partial charge in [-0.3, -0.25) is 0 Å². The zero-order valence-corrected chi connectivity index (χ0v) is 11.9. The van der Waals surface area contributed by atoms with Crippen molar-refractivity contribution in [3.8, 4) is 6.07 Å². The third-order valence-electron chi connectivity index (χ3n) is 4.24. The standard InChI is InChI=1S/C14H18N6/c1-3-14(8-15)5-4-6-20(9-14)13-16-7-11-12(18-13)17-10-19(11)2/h7,10H,3-6,9H2,1-2H3. The lowest BCUT2D eigenvalue weighted by Gasteiger charge is -2.37. The summed E-state index contributed by atoms with van der Waals surface area (Å²) in [7, 11) is 1.93. The van der Waals surface area contributed by atoms with Gasteiger partial charge in [-0.05, 0) is 19.3 Å². The lowest BCUT2D eigenvalue weighted by atomic mass is 9.79. The molecule has 0 aromatic carbocycles. The first kappa shape index (κ1) is 12.9. The molecule has 2 aromatic heterocycles. The van der Waals surface area contributed by atoms with Gasteiger partial charge in [0.05, 0.1) is 24.0 Å². The summed E-state index contributed by atoms with van der Waals surface area (Å²) in [4.78, 5) is 15.4. The van der Waals surface area contributed by atoms with Crippen LogP contribution in [0.4, 0.5) is 5.95 Å². The van der Waals surface area contributed by atoms with Gasteiger partial charge in [0.1, 0.15) is 5.52 Å². The summed E-state index contributed by atoms with van der Waals surface area (Å²) in [5.41, 5.74) is 1.37. The molecule has 1 unspecified atom stereocenters. The Bertz CT molecular complexity index is 670. The van der Waals surface area contributed by atoms with Crippen molar-refractivity contribution < 1.29 is 0 Å². The molecule has 0 spiro atoms. The number of aromatic nitrogens is 4. The quantitative estimate of drug-likeness (QED) is 0.833. The molecule has 6 heteroatoms. The van der Waals surface area contributed by atoms with Crippen molar-refractivity contribution in [2.45, 2.75) is 26.2 Å². The minimum atomic E-state index is -0.263. The molecular weight excluding hydrogens is 252 g/mol. The second kappa shape index (κ2) is 4.75. The number of piperidine rings is 1. The summed E-state index contributed by atoms with van der Waals surface area (Å²) >= 11 is 0. The molecule has 0 N–H and O–H groups in total. The van der Waals surface area contributed by atoms with Gasteiger partial charge in [-0.2, -0.15) is 10.2 Å². The number of anilines is 1. The van der Waals surface area contributed by atoms with E-state index in [1.807, 2.05) is 11.6 Å². The van der Waals surface area contributed by atoms with Crippen LogP contribution in [0.2, 0.25) is 0 Å². The van der Waals surface area contributed by atoms with Crippen LogP contribution in [0.3, 0.4) is 0 Å². The van der Waals surface area contributed by atoms with Crippen LogP contribution in [0.5, 0.6) is 0 Å². The lowest BCUT2D eigenvalue weighted by Crippen LogP contribution is -2.43. The van der Waals surface area contributed by atoms with Gasteiger partial charge in [0.15, 0.2) is 5.65 Å². The first-order chi connectivity index (χ1) is 9.67.